The summed E-state index contributed by atoms with van der Waals surface area (Å²) in [6.07, 6.45) is 4.85. The zero-order valence-corrected chi connectivity index (χ0v) is 13.7. The number of oxime groups is 1. The zero-order valence-electron chi connectivity index (χ0n) is 12.9. The molecule has 1 fully saturated rings. The molecular formula is C17H20FN3OS. The Hall–Kier alpha value is -1.79. The topological polar surface area (TPSA) is 48.7 Å². The van der Waals surface area contributed by atoms with E-state index in [-0.39, 0.29) is 5.82 Å². The molecule has 1 aliphatic rings. The fraction of sp³-hybridized carbons (Fsp3) is 0.412. The molecule has 3 rings (SSSR count). The average Bonchev–Trinajstić information content (AvgIpc) is 3.12. The first-order valence-corrected chi connectivity index (χ1v) is 8.73. The van der Waals surface area contributed by atoms with Gasteiger partial charge in [-0.05, 0) is 37.1 Å². The summed E-state index contributed by atoms with van der Waals surface area (Å²) in [7, 11) is 0. The van der Waals surface area contributed by atoms with E-state index in [9.17, 15) is 9.60 Å². The Morgan fingerprint density at radius 2 is 2.22 bits per heavy atom. The molecule has 1 N–H and O–H groups in total. The number of benzene rings is 1. The first kappa shape index (κ1) is 16.1. The minimum atomic E-state index is -0.284. The minimum Gasteiger partial charge on any atom is -0.411 e. The Labute approximate surface area is 139 Å². The van der Waals surface area contributed by atoms with E-state index in [4.69, 9.17) is 0 Å². The highest BCUT2D eigenvalue weighted by atomic mass is 32.1. The van der Waals surface area contributed by atoms with Crippen LogP contribution in [0.5, 0.6) is 0 Å². The van der Waals surface area contributed by atoms with Crippen molar-refractivity contribution in [3.05, 3.63) is 52.2 Å². The minimum absolute atomic E-state index is 0.284. The van der Waals surface area contributed by atoms with E-state index in [0.29, 0.717) is 18.1 Å². The normalized spacial score (nSPS) is 19.9. The molecule has 6 heteroatoms. The Morgan fingerprint density at radius 1 is 1.39 bits per heavy atom. The third-order valence-corrected chi connectivity index (χ3v) is 5.21. The molecule has 0 radical (unpaired) electrons. The lowest BCUT2D eigenvalue weighted by Gasteiger charge is -2.31. The maximum atomic E-state index is 13.0. The fourth-order valence-electron chi connectivity index (χ4n) is 3.05. The molecular weight excluding hydrogens is 313 g/mol. The highest BCUT2D eigenvalue weighted by Crippen LogP contribution is 2.28. The molecule has 0 amide bonds. The van der Waals surface area contributed by atoms with Crippen molar-refractivity contribution >= 4 is 17.0 Å². The van der Waals surface area contributed by atoms with E-state index in [1.807, 2.05) is 11.6 Å². The molecule has 2 heterocycles. The largest absolute Gasteiger partial charge is 0.411 e. The third kappa shape index (κ3) is 4.14. The Morgan fingerprint density at radius 3 is 2.91 bits per heavy atom. The zero-order chi connectivity index (χ0) is 16.1. The van der Waals surface area contributed by atoms with Gasteiger partial charge in [-0.25, -0.2) is 9.37 Å². The molecule has 1 aromatic heterocycles. The van der Waals surface area contributed by atoms with Gasteiger partial charge in [-0.1, -0.05) is 17.3 Å². The molecule has 1 aliphatic heterocycles. The van der Waals surface area contributed by atoms with Crippen LogP contribution >= 0.6 is 11.3 Å². The summed E-state index contributed by atoms with van der Waals surface area (Å²) in [5.41, 5.74) is 1.36. The van der Waals surface area contributed by atoms with Crippen LogP contribution < -0.4 is 0 Å². The quantitative estimate of drug-likeness (QED) is 0.515. The molecule has 0 spiro atoms. The second-order valence-electron chi connectivity index (χ2n) is 5.81. The van der Waals surface area contributed by atoms with Crippen LogP contribution in [-0.4, -0.2) is 40.4 Å². The average molecular weight is 333 g/mol. The summed E-state index contributed by atoms with van der Waals surface area (Å²) in [5, 5.41) is 15.9. The van der Waals surface area contributed by atoms with E-state index < -0.39 is 0 Å². The Kier molecular flexibility index (Phi) is 5.35. The number of hydrogen-bond acceptors (Lipinski definition) is 5. The first-order valence-electron chi connectivity index (χ1n) is 7.85. The molecule has 0 bridgehead atoms. The lowest BCUT2D eigenvalue weighted by Crippen LogP contribution is -2.35. The van der Waals surface area contributed by atoms with E-state index in [0.717, 1.165) is 31.6 Å². The second-order valence-corrected chi connectivity index (χ2v) is 6.74. The number of likely N-dealkylation sites (tertiary alicyclic amines) is 1. The summed E-state index contributed by atoms with van der Waals surface area (Å²) in [5.74, 6) is 0.220. The van der Waals surface area contributed by atoms with Crippen molar-refractivity contribution in [2.24, 2.45) is 5.16 Å². The van der Waals surface area contributed by atoms with Gasteiger partial charge in [0.05, 0.1) is 10.7 Å². The number of thiazole rings is 1. The Balaban J connectivity index is 1.57. The molecule has 2 aromatic rings. The molecule has 23 heavy (non-hydrogen) atoms. The van der Waals surface area contributed by atoms with Crippen LogP contribution in [0.3, 0.4) is 0 Å². The lowest BCUT2D eigenvalue weighted by atomic mass is 9.98. The fourth-order valence-corrected chi connectivity index (χ4v) is 3.82. The standard InChI is InChI=1S/C17H20FN3OS/c18-15-5-3-13(4-6-15)16(20-22)7-10-21-9-1-2-14(12-21)17-19-8-11-23-17/h3-6,8,11,14,22H,1-2,7,9-10,12H2. The SMILES string of the molecule is ON=C(CCN1CCCC(c2nccs2)C1)c1ccc(F)cc1. The second kappa shape index (κ2) is 7.66. The van der Waals surface area contributed by atoms with Crippen molar-refractivity contribution in [1.82, 2.24) is 9.88 Å². The smallest absolute Gasteiger partial charge is 0.123 e. The van der Waals surface area contributed by atoms with Crippen molar-refractivity contribution < 1.29 is 9.60 Å². The van der Waals surface area contributed by atoms with Crippen LogP contribution in [0, 0.1) is 5.82 Å². The van der Waals surface area contributed by atoms with Crippen LogP contribution in [0.1, 0.15) is 35.8 Å². The maximum absolute atomic E-state index is 13.0. The summed E-state index contributed by atoms with van der Waals surface area (Å²) in [6, 6.07) is 6.08. The number of halogens is 1. The molecule has 1 saturated heterocycles. The predicted octanol–water partition coefficient (Wildman–Crippen LogP) is 3.73. The van der Waals surface area contributed by atoms with Crippen LogP contribution in [0.25, 0.3) is 0 Å². The monoisotopic (exact) mass is 333 g/mol. The van der Waals surface area contributed by atoms with Crippen LogP contribution in [-0.2, 0) is 0 Å². The molecule has 1 aromatic carbocycles. The number of nitrogens with zero attached hydrogens (tertiary/aromatic N) is 3. The van der Waals surface area contributed by atoms with Crippen molar-refractivity contribution in [2.45, 2.75) is 25.2 Å². The highest BCUT2D eigenvalue weighted by Gasteiger charge is 2.23. The van der Waals surface area contributed by atoms with Gasteiger partial charge >= 0.3 is 0 Å². The first-order chi connectivity index (χ1) is 11.3. The number of piperidine rings is 1. The van der Waals surface area contributed by atoms with Gasteiger partial charge < -0.3 is 10.1 Å². The summed E-state index contributed by atoms with van der Waals surface area (Å²) in [4.78, 5) is 6.83. The number of aromatic nitrogens is 1. The predicted molar refractivity (Wildman–Crippen MR) is 89.9 cm³/mol. The van der Waals surface area contributed by atoms with Crippen molar-refractivity contribution in [2.75, 3.05) is 19.6 Å². The third-order valence-electron chi connectivity index (χ3n) is 4.27. The van der Waals surface area contributed by atoms with Crippen LogP contribution in [0.4, 0.5) is 4.39 Å². The summed E-state index contributed by atoms with van der Waals surface area (Å²) < 4.78 is 13.0. The van der Waals surface area contributed by atoms with E-state index >= 15 is 0 Å². The van der Waals surface area contributed by atoms with Gasteiger partial charge in [-0.2, -0.15) is 0 Å². The van der Waals surface area contributed by atoms with Gasteiger partial charge in [0.15, 0.2) is 0 Å². The number of rotatable bonds is 5. The van der Waals surface area contributed by atoms with E-state index in [2.05, 4.69) is 15.0 Å². The van der Waals surface area contributed by atoms with E-state index in [1.165, 1.54) is 23.6 Å². The van der Waals surface area contributed by atoms with Gasteiger partial charge in [0.2, 0.25) is 0 Å². The molecule has 0 aliphatic carbocycles. The molecule has 0 saturated carbocycles. The molecule has 1 unspecified atom stereocenters. The molecule has 122 valence electrons. The lowest BCUT2D eigenvalue weighted by molar-refractivity contribution is 0.212. The van der Waals surface area contributed by atoms with Gasteiger partial charge in [0.1, 0.15) is 5.82 Å². The highest BCUT2D eigenvalue weighted by molar-refractivity contribution is 7.09. The van der Waals surface area contributed by atoms with Crippen molar-refractivity contribution in [3.8, 4) is 0 Å². The van der Waals surface area contributed by atoms with Gasteiger partial charge in [-0.15, -0.1) is 11.3 Å². The van der Waals surface area contributed by atoms with Gasteiger partial charge in [0, 0.05) is 37.0 Å². The van der Waals surface area contributed by atoms with Crippen LogP contribution in [0.15, 0.2) is 41.0 Å². The molecule has 1 atom stereocenters. The molecule has 4 nitrogen and oxygen atoms in total. The van der Waals surface area contributed by atoms with Gasteiger partial charge in [-0.3, -0.25) is 0 Å². The summed E-state index contributed by atoms with van der Waals surface area (Å²) >= 11 is 1.72. The maximum Gasteiger partial charge on any atom is 0.123 e. The number of hydrogen-bond donors (Lipinski definition) is 1. The van der Waals surface area contributed by atoms with Crippen molar-refractivity contribution in [1.29, 1.82) is 0 Å². The Bertz CT molecular complexity index is 642. The van der Waals surface area contributed by atoms with Crippen LogP contribution in [0.2, 0.25) is 0 Å². The van der Waals surface area contributed by atoms with Crippen molar-refractivity contribution in [3.63, 3.8) is 0 Å². The van der Waals surface area contributed by atoms with Gasteiger partial charge in [0.25, 0.3) is 0 Å². The van der Waals surface area contributed by atoms with E-state index in [1.54, 1.807) is 23.5 Å². The summed E-state index contributed by atoms with van der Waals surface area (Å²) in [6.45, 7) is 2.89.